The maximum atomic E-state index is 12.8. The molecule has 2 atom stereocenters. The molecule has 0 heterocycles. The van der Waals surface area contributed by atoms with E-state index >= 15 is 0 Å². The minimum atomic E-state index is -0.584. The van der Waals surface area contributed by atoms with E-state index in [0.29, 0.717) is 5.75 Å². The Labute approximate surface area is 87.3 Å². The number of benzene rings is 1. The van der Waals surface area contributed by atoms with Gasteiger partial charge in [0.25, 0.3) is 0 Å². The number of hydrogen-bond donors (Lipinski definition) is 1. The maximum Gasteiger partial charge on any atom is 0.142 e. The van der Waals surface area contributed by atoms with E-state index in [1.54, 1.807) is 13.8 Å². The lowest BCUT2D eigenvalue weighted by atomic mass is 10.2. The van der Waals surface area contributed by atoms with Crippen LogP contribution >= 0.6 is 11.6 Å². The van der Waals surface area contributed by atoms with Gasteiger partial charge in [-0.3, -0.25) is 0 Å². The first-order chi connectivity index (χ1) is 6.50. The van der Waals surface area contributed by atoms with Crippen LogP contribution in [-0.2, 0) is 0 Å². The van der Waals surface area contributed by atoms with Gasteiger partial charge in [-0.1, -0.05) is 11.6 Å². The molecule has 0 fully saturated rings. The number of ether oxygens (including phenoxy) is 1. The van der Waals surface area contributed by atoms with Crippen molar-refractivity contribution in [1.29, 1.82) is 0 Å². The van der Waals surface area contributed by atoms with E-state index in [9.17, 15) is 9.50 Å². The van der Waals surface area contributed by atoms with Gasteiger partial charge in [-0.25, -0.2) is 4.39 Å². The van der Waals surface area contributed by atoms with E-state index in [1.807, 2.05) is 0 Å². The molecule has 1 rings (SSSR count). The van der Waals surface area contributed by atoms with Crippen molar-refractivity contribution < 1.29 is 14.2 Å². The van der Waals surface area contributed by atoms with Gasteiger partial charge in [0.2, 0.25) is 0 Å². The number of aliphatic hydroxyl groups excluding tert-OH is 1. The number of halogens is 2. The molecule has 0 saturated heterocycles. The first-order valence-corrected chi connectivity index (χ1v) is 4.68. The van der Waals surface area contributed by atoms with Crippen LogP contribution in [0.4, 0.5) is 4.39 Å². The highest BCUT2D eigenvalue weighted by molar-refractivity contribution is 6.30. The Morgan fingerprint density at radius 1 is 1.43 bits per heavy atom. The smallest absolute Gasteiger partial charge is 0.142 e. The van der Waals surface area contributed by atoms with E-state index in [2.05, 4.69) is 0 Å². The Morgan fingerprint density at radius 2 is 2.07 bits per heavy atom. The lowest BCUT2D eigenvalue weighted by Crippen LogP contribution is -2.25. The second-order valence-electron chi connectivity index (χ2n) is 3.14. The Bertz CT molecular complexity index is 315. The number of rotatable bonds is 3. The number of hydrogen-bond acceptors (Lipinski definition) is 2. The Hall–Kier alpha value is -0.800. The minimum Gasteiger partial charge on any atom is -0.488 e. The van der Waals surface area contributed by atoms with Crippen molar-refractivity contribution in [3.8, 4) is 5.75 Å². The lowest BCUT2D eigenvalue weighted by molar-refractivity contribution is 0.0604. The first-order valence-electron chi connectivity index (χ1n) is 4.30. The van der Waals surface area contributed by atoms with Gasteiger partial charge in [-0.2, -0.15) is 0 Å². The summed E-state index contributed by atoms with van der Waals surface area (Å²) in [5.74, 6) is -0.0338. The molecular weight excluding hydrogens is 207 g/mol. The molecular formula is C10H12ClFO2. The summed E-state index contributed by atoms with van der Waals surface area (Å²) >= 11 is 5.56. The van der Waals surface area contributed by atoms with Crippen molar-refractivity contribution in [3.05, 3.63) is 29.0 Å². The van der Waals surface area contributed by atoms with Gasteiger partial charge >= 0.3 is 0 Å². The summed E-state index contributed by atoms with van der Waals surface area (Å²) in [4.78, 5) is 0. The molecule has 0 bridgehead atoms. The van der Waals surface area contributed by atoms with Crippen molar-refractivity contribution in [3.63, 3.8) is 0 Å². The SMILES string of the molecule is CC(O)C(C)Oc1ccc(F)c(Cl)c1. The van der Waals surface area contributed by atoms with E-state index in [4.69, 9.17) is 16.3 Å². The molecule has 0 aliphatic carbocycles. The molecule has 0 saturated carbocycles. The summed E-state index contributed by atoms with van der Waals surface area (Å²) in [6.45, 7) is 3.34. The fourth-order valence-corrected chi connectivity index (χ4v) is 1.03. The molecule has 0 aliphatic rings. The average Bonchev–Trinajstić information content (AvgIpc) is 2.11. The zero-order valence-corrected chi connectivity index (χ0v) is 8.75. The molecule has 0 aliphatic heterocycles. The van der Waals surface area contributed by atoms with Crippen LogP contribution in [0.25, 0.3) is 0 Å². The highest BCUT2D eigenvalue weighted by atomic mass is 35.5. The topological polar surface area (TPSA) is 29.5 Å². The molecule has 2 unspecified atom stereocenters. The predicted molar refractivity (Wildman–Crippen MR) is 53.2 cm³/mol. The summed E-state index contributed by atoms with van der Waals surface area (Å²) in [6.07, 6.45) is -0.935. The van der Waals surface area contributed by atoms with Gasteiger partial charge < -0.3 is 9.84 Å². The van der Waals surface area contributed by atoms with Crippen LogP contribution in [0.15, 0.2) is 18.2 Å². The van der Waals surface area contributed by atoms with Crippen LogP contribution in [0, 0.1) is 5.82 Å². The molecule has 14 heavy (non-hydrogen) atoms. The predicted octanol–water partition coefficient (Wildman–Crippen LogP) is 2.63. The molecule has 1 aromatic carbocycles. The molecule has 0 radical (unpaired) electrons. The zero-order valence-electron chi connectivity index (χ0n) is 8.00. The van der Waals surface area contributed by atoms with Gasteiger partial charge in [0.15, 0.2) is 0 Å². The molecule has 0 spiro atoms. The van der Waals surface area contributed by atoms with Crippen LogP contribution < -0.4 is 4.74 Å². The Morgan fingerprint density at radius 3 is 2.57 bits per heavy atom. The second-order valence-corrected chi connectivity index (χ2v) is 3.55. The van der Waals surface area contributed by atoms with Gasteiger partial charge in [-0.05, 0) is 26.0 Å². The molecule has 78 valence electrons. The van der Waals surface area contributed by atoms with E-state index in [-0.39, 0.29) is 11.1 Å². The van der Waals surface area contributed by atoms with Crippen LogP contribution in [0.2, 0.25) is 5.02 Å². The Kier molecular flexibility index (Phi) is 3.72. The highest BCUT2D eigenvalue weighted by Crippen LogP contribution is 2.22. The standard InChI is InChI=1S/C10H12ClFO2/c1-6(13)7(2)14-8-3-4-10(12)9(11)5-8/h3-7,13H,1-2H3. The third kappa shape index (κ3) is 2.86. The second kappa shape index (κ2) is 4.62. The van der Waals surface area contributed by atoms with Crippen molar-refractivity contribution >= 4 is 11.6 Å². The van der Waals surface area contributed by atoms with Gasteiger partial charge in [0.1, 0.15) is 17.7 Å². The van der Waals surface area contributed by atoms with Crippen molar-refractivity contribution in [2.75, 3.05) is 0 Å². The van der Waals surface area contributed by atoms with Crippen molar-refractivity contribution in [2.24, 2.45) is 0 Å². The van der Waals surface area contributed by atoms with Crippen LogP contribution in [-0.4, -0.2) is 17.3 Å². The van der Waals surface area contributed by atoms with Crippen LogP contribution in [0.1, 0.15) is 13.8 Å². The largest absolute Gasteiger partial charge is 0.488 e. The van der Waals surface area contributed by atoms with Crippen LogP contribution in [0.3, 0.4) is 0 Å². The fraction of sp³-hybridized carbons (Fsp3) is 0.400. The monoisotopic (exact) mass is 218 g/mol. The summed E-state index contributed by atoms with van der Waals surface area (Å²) in [7, 11) is 0. The fourth-order valence-electron chi connectivity index (χ4n) is 0.863. The van der Waals surface area contributed by atoms with E-state index in [1.165, 1.54) is 18.2 Å². The number of aliphatic hydroxyl groups is 1. The van der Waals surface area contributed by atoms with Crippen molar-refractivity contribution in [2.45, 2.75) is 26.1 Å². The molecule has 4 heteroatoms. The lowest BCUT2D eigenvalue weighted by Gasteiger charge is -2.17. The molecule has 1 N–H and O–H groups in total. The molecule has 0 amide bonds. The summed E-state index contributed by atoms with van der Waals surface area (Å²) < 4.78 is 18.1. The van der Waals surface area contributed by atoms with Gasteiger partial charge in [0.05, 0.1) is 11.1 Å². The quantitative estimate of drug-likeness (QED) is 0.845. The van der Waals surface area contributed by atoms with Gasteiger partial charge in [-0.15, -0.1) is 0 Å². The Balaban J connectivity index is 2.73. The van der Waals surface area contributed by atoms with Crippen molar-refractivity contribution in [1.82, 2.24) is 0 Å². The minimum absolute atomic E-state index is 0.0142. The van der Waals surface area contributed by atoms with E-state index in [0.717, 1.165) is 0 Å². The first kappa shape index (κ1) is 11.3. The zero-order chi connectivity index (χ0) is 10.7. The highest BCUT2D eigenvalue weighted by Gasteiger charge is 2.11. The molecule has 2 nitrogen and oxygen atoms in total. The third-order valence-corrected chi connectivity index (χ3v) is 2.18. The third-order valence-electron chi connectivity index (χ3n) is 1.89. The summed E-state index contributed by atoms with van der Waals surface area (Å²) in [5, 5.41) is 9.19. The average molecular weight is 219 g/mol. The molecule has 0 aromatic heterocycles. The van der Waals surface area contributed by atoms with E-state index < -0.39 is 11.9 Å². The molecule has 1 aromatic rings. The summed E-state index contributed by atoms with van der Waals surface area (Å²) in [6, 6.07) is 4.09. The summed E-state index contributed by atoms with van der Waals surface area (Å²) in [5.41, 5.74) is 0. The van der Waals surface area contributed by atoms with Crippen LogP contribution in [0.5, 0.6) is 5.75 Å². The van der Waals surface area contributed by atoms with Gasteiger partial charge in [0, 0.05) is 6.07 Å². The maximum absolute atomic E-state index is 12.8. The normalized spacial score (nSPS) is 14.9.